The highest BCUT2D eigenvalue weighted by Gasteiger charge is 2.05. The molecule has 2 rings (SSSR count). The number of aromatic nitrogens is 4. The Kier molecular flexibility index (Phi) is 3.43. The molecular formula is C11H17N5O. The number of aliphatic hydroxyl groups is 1. The van der Waals surface area contributed by atoms with E-state index >= 15 is 0 Å². The molecule has 0 radical (unpaired) electrons. The van der Waals surface area contributed by atoms with E-state index in [9.17, 15) is 0 Å². The van der Waals surface area contributed by atoms with E-state index in [-0.39, 0.29) is 6.61 Å². The van der Waals surface area contributed by atoms with E-state index < -0.39 is 0 Å². The van der Waals surface area contributed by atoms with Crippen LogP contribution in [0.3, 0.4) is 0 Å². The second kappa shape index (κ2) is 5.01. The summed E-state index contributed by atoms with van der Waals surface area (Å²) in [5, 5.41) is 20.5. The SMILES string of the molecule is Cc1cnn(C)c1CNc1ccn(CCO)n1. The van der Waals surface area contributed by atoms with Crippen LogP contribution in [0.1, 0.15) is 11.3 Å². The van der Waals surface area contributed by atoms with E-state index in [0.717, 1.165) is 17.1 Å². The van der Waals surface area contributed by atoms with Gasteiger partial charge in [0.15, 0.2) is 0 Å². The van der Waals surface area contributed by atoms with Crippen molar-refractivity contribution in [3.8, 4) is 0 Å². The van der Waals surface area contributed by atoms with Gasteiger partial charge in [-0.2, -0.15) is 10.2 Å². The molecule has 0 atom stereocenters. The lowest BCUT2D eigenvalue weighted by molar-refractivity contribution is 0.269. The van der Waals surface area contributed by atoms with Crippen LogP contribution in [0.4, 0.5) is 5.82 Å². The molecule has 2 aromatic rings. The van der Waals surface area contributed by atoms with Gasteiger partial charge in [0.25, 0.3) is 0 Å². The van der Waals surface area contributed by atoms with Crippen LogP contribution in [0.15, 0.2) is 18.5 Å². The summed E-state index contributed by atoms with van der Waals surface area (Å²) >= 11 is 0. The molecule has 0 spiro atoms. The smallest absolute Gasteiger partial charge is 0.148 e. The number of anilines is 1. The summed E-state index contributed by atoms with van der Waals surface area (Å²) in [5.41, 5.74) is 2.30. The zero-order valence-corrected chi connectivity index (χ0v) is 10.1. The predicted molar refractivity (Wildman–Crippen MR) is 64.6 cm³/mol. The maximum atomic E-state index is 8.79. The van der Waals surface area contributed by atoms with E-state index in [0.29, 0.717) is 13.1 Å². The molecule has 0 aliphatic heterocycles. The minimum absolute atomic E-state index is 0.0992. The average Bonchev–Trinajstić information content (AvgIpc) is 2.86. The first-order chi connectivity index (χ1) is 8.20. The summed E-state index contributed by atoms with van der Waals surface area (Å²) in [6, 6.07) is 1.89. The average molecular weight is 235 g/mol. The maximum absolute atomic E-state index is 8.79. The van der Waals surface area contributed by atoms with Crippen molar-refractivity contribution >= 4 is 5.82 Å². The third-order valence-electron chi connectivity index (χ3n) is 2.68. The fraction of sp³-hybridized carbons (Fsp3) is 0.455. The molecule has 0 bridgehead atoms. The maximum Gasteiger partial charge on any atom is 0.148 e. The number of nitrogens with zero attached hydrogens (tertiary/aromatic N) is 4. The topological polar surface area (TPSA) is 67.9 Å². The van der Waals surface area contributed by atoms with Gasteiger partial charge >= 0.3 is 0 Å². The lowest BCUT2D eigenvalue weighted by atomic mass is 10.3. The number of hydrogen-bond donors (Lipinski definition) is 2. The van der Waals surface area contributed by atoms with E-state index in [2.05, 4.69) is 15.5 Å². The molecule has 0 saturated carbocycles. The highest BCUT2D eigenvalue weighted by molar-refractivity contribution is 5.33. The molecule has 0 saturated heterocycles. The predicted octanol–water partition coefficient (Wildman–Crippen LogP) is 0.529. The molecule has 2 heterocycles. The molecule has 6 nitrogen and oxygen atoms in total. The van der Waals surface area contributed by atoms with Crippen LogP contribution in [0, 0.1) is 6.92 Å². The summed E-state index contributed by atoms with van der Waals surface area (Å²) < 4.78 is 3.56. The Morgan fingerprint density at radius 1 is 1.47 bits per heavy atom. The van der Waals surface area contributed by atoms with Crippen molar-refractivity contribution in [1.29, 1.82) is 0 Å². The summed E-state index contributed by atoms with van der Waals surface area (Å²) in [5.74, 6) is 0.805. The zero-order valence-electron chi connectivity index (χ0n) is 10.1. The largest absolute Gasteiger partial charge is 0.394 e. The van der Waals surface area contributed by atoms with E-state index in [1.165, 1.54) is 0 Å². The Bertz CT molecular complexity index is 468. The van der Waals surface area contributed by atoms with Crippen LogP contribution < -0.4 is 5.32 Å². The Hall–Kier alpha value is -1.82. The first kappa shape index (κ1) is 11.7. The van der Waals surface area contributed by atoms with Gasteiger partial charge in [0, 0.05) is 19.3 Å². The van der Waals surface area contributed by atoms with Crippen molar-refractivity contribution in [1.82, 2.24) is 19.6 Å². The van der Waals surface area contributed by atoms with Gasteiger partial charge in [-0.1, -0.05) is 0 Å². The fourth-order valence-electron chi connectivity index (χ4n) is 1.68. The number of rotatable bonds is 5. The van der Waals surface area contributed by atoms with Gasteiger partial charge in [-0.15, -0.1) is 0 Å². The summed E-state index contributed by atoms with van der Waals surface area (Å²) in [7, 11) is 1.92. The van der Waals surface area contributed by atoms with Gasteiger partial charge in [0.2, 0.25) is 0 Å². The minimum Gasteiger partial charge on any atom is -0.394 e. The molecule has 92 valence electrons. The number of hydrogen-bond acceptors (Lipinski definition) is 4. The van der Waals surface area contributed by atoms with E-state index in [1.807, 2.05) is 37.1 Å². The van der Waals surface area contributed by atoms with Gasteiger partial charge in [-0.3, -0.25) is 9.36 Å². The van der Waals surface area contributed by atoms with Crippen LogP contribution >= 0.6 is 0 Å². The van der Waals surface area contributed by atoms with Crippen LogP contribution in [0.25, 0.3) is 0 Å². The second-order valence-corrected chi connectivity index (χ2v) is 3.94. The quantitative estimate of drug-likeness (QED) is 0.793. The van der Waals surface area contributed by atoms with Gasteiger partial charge in [-0.05, 0) is 12.5 Å². The first-order valence-corrected chi connectivity index (χ1v) is 5.56. The Labute approximate surface area is 99.9 Å². The lowest BCUT2D eigenvalue weighted by Gasteiger charge is -2.05. The molecule has 6 heteroatoms. The zero-order chi connectivity index (χ0) is 12.3. The number of aliphatic hydroxyl groups excluding tert-OH is 1. The van der Waals surface area contributed by atoms with Gasteiger partial charge in [0.1, 0.15) is 5.82 Å². The van der Waals surface area contributed by atoms with Crippen LogP contribution in [0.5, 0.6) is 0 Å². The third-order valence-corrected chi connectivity index (χ3v) is 2.68. The monoisotopic (exact) mass is 235 g/mol. The highest BCUT2D eigenvalue weighted by atomic mass is 16.3. The Balaban J connectivity index is 1.97. The standard InChI is InChI=1S/C11H17N5O/c1-9-7-13-15(2)10(9)8-12-11-3-4-16(14-11)5-6-17/h3-4,7,17H,5-6,8H2,1-2H3,(H,12,14). The first-order valence-electron chi connectivity index (χ1n) is 5.56. The van der Waals surface area contributed by atoms with Crippen molar-refractivity contribution in [2.75, 3.05) is 11.9 Å². The number of aryl methyl sites for hydroxylation is 2. The molecular weight excluding hydrogens is 218 g/mol. The summed E-state index contributed by atoms with van der Waals surface area (Å²) in [6.07, 6.45) is 3.69. The molecule has 17 heavy (non-hydrogen) atoms. The van der Waals surface area contributed by atoms with Crippen LogP contribution in [-0.4, -0.2) is 31.3 Å². The van der Waals surface area contributed by atoms with E-state index in [4.69, 9.17) is 5.11 Å². The molecule has 2 aromatic heterocycles. The normalized spacial score (nSPS) is 10.8. The molecule has 0 amide bonds. The van der Waals surface area contributed by atoms with Crippen LogP contribution in [-0.2, 0) is 20.1 Å². The minimum atomic E-state index is 0.0992. The molecule has 0 aromatic carbocycles. The summed E-state index contributed by atoms with van der Waals surface area (Å²) in [4.78, 5) is 0. The van der Waals surface area contributed by atoms with Gasteiger partial charge in [0.05, 0.1) is 31.6 Å². The third kappa shape index (κ3) is 2.65. The fourth-order valence-corrected chi connectivity index (χ4v) is 1.68. The van der Waals surface area contributed by atoms with Crippen molar-refractivity contribution in [2.24, 2.45) is 7.05 Å². The van der Waals surface area contributed by atoms with E-state index in [1.54, 1.807) is 4.68 Å². The highest BCUT2D eigenvalue weighted by Crippen LogP contribution is 2.09. The number of nitrogens with one attached hydrogen (secondary N) is 1. The van der Waals surface area contributed by atoms with Crippen molar-refractivity contribution in [3.05, 3.63) is 29.7 Å². The van der Waals surface area contributed by atoms with Crippen molar-refractivity contribution in [3.63, 3.8) is 0 Å². The summed E-state index contributed by atoms with van der Waals surface area (Å²) in [6.45, 7) is 3.35. The van der Waals surface area contributed by atoms with Crippen molar-refractivity contribution < 1.29 is 5.11 Å². The molecule has 0 unspecified atom stereocenters. The van der Waals surface area contributed by atoms with Crippen molar-refractivity contribution in [2.45, 2.75) is 20.0 Å². The molecule has 0 fully saturated rings. The second-order valence-electron chi connectivity index (χ2n) is 3.94. The molecule has 0 aliphatic carbocycles. The lowest BCUT2D eigenvalue weighted by Crippen LogP contribution is -2.08. The van der Waals surface area contributed by atoms with Crippen LogP contribution in [0.2, 0.25) is 0 Å². The molecule has 2 N–H and O–H groups in total. The Morgan fingerprint density at radius 3 is 2.94 bits per heavy atom. The van der Waals surface area contributed by atoms with Gasteiger partial charge in [-0.25, -0.2) is 0 Å². The van der Waals surface area contributed by atoms with Gasteiger partial charge < -0.3 is 10.4 Å². The Morgan fingerprint density at radius 2 is 2.29 bits per heavy atom. The molecule has 0 aliphatic rings.